The summed E-state index contributed by atoms with van der Waals surface area (Å²) in [5, 5.41) is 5.53. The number of anilines is 1. The van der Waals surface area contributed by atoms with Crippen LogP contribution in [0.2, 0.25) is 0 Å². The van der Waals surface area contributed by atoms with E-state index in [0.717, 1.165) is 24.8 Å². The predicted molar refractivity (Wildman–Crippen MR) is 176 cm³/mol. The summed E-state index contributed by atoms with van der Waals surface area (Å²) >= 11 is 1.18. The van der Waals surface area contributed by atoms with Gasteiger partial charge in [0.25, 0.3) is 5.91 Å². The standard InChI is InChI=1S/C33H39N3O8S2/c1-23-11-13-25(46(40,41)36-17-7-4-8-18-36)20-27(23)35-31(37)21-44-33(39)26-9-5-6-10-30(26)45-22-32(38)34-16-15-24-12-14-28(42-2)29(19-24)43-3/h5-6,9-14,19-20H,4,7-8,15-18,21-22H2,1-3H3,(H,34,38)(H,35,37). The van der Waals surface area contributed by atoms with Crippen molar-refractivity contribution in [3.63, 3.8) is 0 Å². The lowest BCUT2D eigenvalue weighted by molar-refractivity contribution is -0.119. The quantitative estimate of drug-likeness (QED) is 0.188. The van der Waals surface area contributed by atoms with Gasteiger partial charge in [-0.3, -0.25) is 9.59 Å². The molecule has 46 heavy (non-hydrogen) atoms. The fourth-order valence-corrected chi connectivity index (χ4v) is 7.30. The zero-order valence-corrected chi connectivity index (χ0v) is 27.8. The number of carbonyl (C=O) groups excluding carboxylic acids is 3. The summed E-state index contributed by atoms with van der Waals surface area (Å²) in [6.45, 7) is 2.54. The highest BCUT2D eigenvalue weighted by atomic mass is 32.2. The van der Waals surface area contributed by atoms with Gasteiger partial charge < -0.3 is 24.8 Å². The number of hydrogen-bond donors (Lipinski definition) is 2. The Morgan fingerprint density at radius 3 is 2.37 bits per heavy atom. The Hall–Kier alpha value is -4.07. The van der Waals surface area contributed by atoms with Gasteiger partial charge in [0.1, 0.15) is 0 Å². The normalized spacial score (nSPS) is 13.5. The van der Waals surface area contributed by atoms with Crippen molar-refractivity contribution in [2.45, 2.75) is 42.4 Å². The van der Waals surface area contributed by atoms with E-state index in [1.54, 1.807) is 51.5 Å². The number of thioether (sulfide) groups is 1. The van der Waals surface area contributed by atoms with Crippen LogP contribution in [0.5, 0.6) is 11.5 Å². The molecule has 1 saturated heterocycles. The number of esters is 1. The first-order valence-electron chi connectivity index (χ1n) is 14.9. The maximum absolute atomic E-state index is 13.1. The smallest absolute Gasteiger partial charge is 0.339 e. The van der Waals surface area contributed by atoms with Crippen LogP contribution >= 0.6 is 11.8 Å². The summed E-state index contributed by atoms with van der Waals surface area (Å²) in [6, 6.07) is 16.9. The summed E-state index contributed by atoms with van der Waals surface area (Å²) in [5.41, 5.74) is 2.20. The Bertz CT molecular complexity index is 1660. The summed E-state index contributed by atoms with van der Waals surface area (Å²) in [4.78, 5) is 38.8. The first-order valence-corrected chi connectivity index (χ1v) is 17.3. The third-order valence-corrected chi connectivity index (χ3v) is 10.4. The van der Waals surface area contributed by atoms with Gasteiger partial charge in [-0.1, -0.05) is 30.7 Å². The third-order valence-electron chi connectivity index (χ3n) is 7.42. The lowest BCUT2D eigenvalue weighted by Gasteiger charge is -2.26. The molecule has 1 heterocycles. The average Bonchev–Trinajstić information content (AvgIpc) is 3.07. The van der Waals surface area contributed by atoms with Gasteiger partial charge in [0.05, 0.1) is 30.4 Å². The van der Waals surface area contributed by atoms with Crippen LogP contribution in [0.1, 0.15) is 40.7 Å². The lowest BCUT2D eigenvalue weighted by atomic mass is 10.1. The van der Waals surface area contributed by atoms with Crippen LogP contribution in [0, 0.1) is 6.92 Å². The van der Waals surface area contributed by atoms with E-state index in [2.05, 4.69) is 10.6 Å². The molecule has 1 fully saturated rings. The average molecular weight is 670 g/mol. The topological polar surface area (TPSA) is 140 Å². The van der Waals surface area contributed by atoms with Crippen molar-refractivity contribution >= 4 is 45.3 Å². The fraction of sp³-hybridized carbons (Fsp3) is 0.364. The fourth-order valence-electron chi connectivity index (χ4n) is 4.88. The van der Waals surface area contributed by atoms with Crippen molar-refractivity contribution in [2.24, 2.45) is 0 Å². The predicted octanol–water partition coefficient (Wildman–Crippen LogP) is 4.43. The molecule has 11 nitrogen and oxygen atoms in total. The Morgan fingerprint density at radius 1 is 0.891 bits per heavy atom. The summed E-state index contributed by atoms with van der Waals surface area (Å²) in [6.07, 6.45) is 3.23. The van der Waals surface area contributed by atoms with Crippen molar-refractivity contribution < 1.29 is 37.0 Å². The van der Waals surface area contributed by atoms with E-state index in [1.807, 2.05) is 18.2 Å². The molecule has 0 atom stereocenters. The number of nitrogens with one attached hydrogen (secondary N) is 2. The number of benzene rings is 3. The molecule has 1 aliphatic rings. The zero-order chi connectivity index (χ0) is 33.1. The Balaban J connectivity index is 1.27. The van der Waals surface area contributed by atoms with Crippen molar-refractivity contribution in [1.82, 2.24) is 9.62 Å². The molecule has 3 aromatic rings. The lowest BCUT2D eigenvalue weighted by Crippen LogP contribution is -2.35. The van der Waals surface area contributed by atoms with Gasteiger partial charge in [0.15, 0.2) is 18.1 Å². The molecule has 0 aliphatic carbocycles. The van der Waals surface area contributed by atoms with Gasteiger partial charge >= 0.3 is 5.97 Å². The van der Waals surface area contributed by atoms with Crippen molar-refractivity contribution in [3.05, 3.63) is 77.4 Å². The summed E-state index contributed by atoms with van der Waals surface area (Å²) in [5.74, 6) is -0.204. The number of amides is 2. The largest absolute Gasteiger partial charge is 0.493 e. The monoisotopic (exact) mass is 669 g/mol. The second-order valence-corrected chi connectivity index (χ2v) is 13.6. The minimum atomic E-state index is -3.68. The van der Waals surface area contributed by atoms with E-state index in [0.29, 0.717) is 53.7 Å². The molecule has 1 aliphatic heterocycles. The van der Waals surface area contributed by atoms with Crippen LogP contribution in [0.25, 0.3) is 0 Å². The SMILES string of the molecule is COc1ccc(CCNC(=O)CSc2ccccc2C(=O)OCC(=O)Nc2cc(S(=O)(=O)N3CCCCC3)ccc2C)cc1OC. The minimum absolute atomic E-state index is 0.0761. The highest BCUT2D eigenvalue weighted by molar-refractivity contribution is 8.00. The van der Waals surface area contributed by atoms with Crippen molar-refractivity contribution in [3.8, 4) is 11.5 Å². The van der Waals surface area contributed by atoms with E-state index < -0.39 is 28.5 Å². The molecule has 0 unspecified atom stereocenters. The van der Waals surface area contributed by atoms with Crippen LogP contribution in [0.4, 0.5) is 5.69 Å². The number of ether oxygens (including phenoxy) is 3. The summed E-state index contributed by atoms with van der Waals surface area (Å²) < 4.78 is 43.5. The van der Waals surface area contributed by atoms with Crippen molar-refractivity contribution in [1.29, 1.82) is 0 Å². The van der Waals surface area contributed by atoms with Crippen molar-refractivity contribution in [2.75, 3.05) is 51.5 Å². The van der Waals surface area contributed by atoms with Gasteiger partial charge in [0.2, 0.25) is 15.9 Å². The van der Waals surface area contributed by atoms with E-state index >= 15 is 0 Å². The van der Waals surface area contributed by atoms with Crippen LogP contribution < -0.4 is 20.1 Å². The molecule has 2 amide bonds. The van der Waals surface area contributed by atoms with Gasteiger partial charge in [-0.25, -0.2) is 13.2 Å². The van der Waals surface area contributed by atoms with Crippen LogP contribution in [0.3, 0.4) is 0 Å². The maximum Gasteiger partial charge on any atom is 0.339 e. The third kappa shape index (κ3) is 9.24. The van der Waals surface area contributed by atoms with Gasteiger partial charge in [-0.05, 0) is 73.7 Å². The number of sulfonamides is 1. The molecule has 3 aromatic carbocycles. The number of rotatable bonds is 14. The number of methoxy groups -OCH3 is 2. The Labute approximate surface area is 274 Å². The van der Waals surface area contributed by atoms with Crippen LogP contribution in [-0.2, 0) is 30.8 Å². The molecule has 0 saturated carbocycles. The van der Waals surface area contributed by atoms with E-state index in [1.165, 1.54) is 28.2 Å². The number of piperidine rings is 1. The van der Waals surface area contributed by atoms with E-state index in [9.17, 15) is 22.8 Å². The van der Waals surface area contributed by atoms with Crippen LogP contribution in [0.15, 0.2) is 70.5 Å². The number of carbonyl (C=O) groups is 3. The number of aryl methyl sites for hydroxylation is 1. The molecule has 0 bridgehead atoms. The molecule has 0 aromatic heterocycles. The van der Waals surface area contributed by atoms with E-state index in [4.69, 9.17) is 14.2 Å². The molecule has 13 heteroatoms. The van der Waals surface area contributed by atoms with Gasteiger partial charge in [-0.2, -0.15) is 4.31 Å². The highest BCUT2D eigenvalue weighted by Gasteiger charge is 2.26. The Morgan fingerprint density at radius 2 is 1.63 bits per heavy atom. The Kier molecular flexibility index (Phi) is 12.5. The highest BCUT2D eigenvalue weighted by Crippen LogP contribution is 2.28. The molecule has 2 N–H and O–H groups in total. The molecule has 0 radical (unpaired) electrons. The molecule has 246 valence electrons. The zero-order valence-electron chi connectivity index (χ0n) is 26.2. The van der Waals surface area contributed by atoms with Gasteiger partial charge in [0, 0.05) is 30.2 Å². The first-order chi connectivity index (χ1) is 22.1. The summed E-state index contributed by atoms with van der Waals surface area (Å²) in [7, 11) is -0.546. The number of nitrogens with zero attached hydrogens (tertiary/aromatic N) is 1. The number of hydrogen-bond acceptors (Lipinski definition) is 9. The van der Waals surface area contributed by atoms with Gasteiger partial charge in [-0.15, -0.1) is 11.8 Å². The first kappa shape index (κ1) is 34.8. The van der Waals surface area contributed by atoms with Crippen LogP contribution in [-0.4, -0.2) is 76.7 Å². The second kappa shape index (κ2) is 16.5. The minimum Gasteiger partial charge on any atom is -0.493 e. The molecule has 0 spiro atoms. The molecular formula is C33H39N3O8S2. The molecular weight excluding hydrogens is 631 g/mol. The second-order valence-electron chi connectivity index (χ2n) is 10.6. The molecule has 4 rings (SSSR count). The maximum atomic E-state index is 13.1. The van der Waals surface area contributed by atoms with E-state index in [-0.39, 0.29) is 22.1 Å².